The molecule has 1 atom stereocenters. The van der Waals surface area contributed by atoms with Crippen molar-refractivity contribution in [3.05, 3.63) is 71.8 Å². The highest BCUT2D eigenvalue weighted by Gasteiger charge is 2.29. The molecule has 0 bridgehead atoms. The first kappa shape index (κ1) is 27.7. The lowest BCUT2D eigenvalue weighted by Gasteiger charge is -2.25. The quantitative estimate of drug-likeness (QED) is 0.400. The van der Waals surface area contributed by atoms with Gasteiger partial charge in [0.2, 0.25) is 5.91 Å². The molecule has 3 aromatic rings. The van der Waals surface area contributed by atoms with Crippen molar-refractivity contribution >= 4 is 21.6 Å². The first-order valence-electron chi connectivity index (χ1n) is 11.5. The number of anilines is 1. The van der Waals surface area contributed by atoms with E-state index in [1.807, 2.05) is 13.0 Å². The van der Waals surface area contributed by atoms with Crippen molar-refractivity contribution in [2.75, 3.05) is 39.3 Å². The van der Waals surface area contributed by atoms with Crippen LogP contribution >= 0.6 is 0 Å². The second-order valence-corrected chi connectivity index (χ2v) is 10.1. The molecular formula is C27H32N2O7S. The number of carbonyl (C=O) groups is 1. The van der Waals surface area contributed by atoms with Gasteiger partial charge < -0.3 is 24.3 Å². The molecular weight excluding hydrogens is 496 g/mol. The summed E-state index contributed by atoms with van der Waals surface area (Å²) in [5, 5.41) is 2.87. The SMILES string of the molecule is COc1ccc([C@@H](C)NC(=O)CN(c2ccc(C)cc2)S(=O)(=O)c2ccc(OC)c(OC)c2)cc1OC. The fourth-order valence-corrected chi connectivity index (χ4v) is 5.19. The predicted molar refractivity (Wildman–Crippen MR) is 141 cm³/mol. The molecule has 3 rings (SSSR count). The Morgan fingerprint density at radius 1 is 0.811 bits per heavy atom. The fourth-order valence-electron chi connectivity index (χ4n) is 3.75. The summed E-state index contributed by atoms with van der Waals surface area (Å²) in [6, 6.07) is 16.1. The van der Waals surface area contributed by atoms with Gasteiger partial charge in [0.25, 0.3) is 10.0 Å². The van der Waals surface area contributed by atoms with Crippen molar-refractivity contribution < 1.29 is 32.2 Å². The summed E-state index contributed by atoms with van der Waals surface area (Å²) in [7, 11) is 1.83. The van der Waals surface area contributed by atoms with Gasteiger partial charge in [-0.05, 0) is 55.8 Å². The Morgan fingerprint density at radius 3 is 1.92 bits per heavy atom. The number of ether oxygens (including phenoxy) is 4. The summed E-state index contributed by atoms with van der Waals surface area (Å²) in [5.74, 6) is 1.27. The monoisotopic (exact) mass is 528 g/mol. The minimum atomic E-state index is -4.14. The van der Waals surface area contributed by atoms with E-state index >= 15 is 0 Å². The molecule has 0 aliphatic rings. The lowest BCUT2D eigenvalue weighted by atomic mass is 10.1. The molecule has 1 amide bonds. The highest BCUT2D eigenvalue weighted by molar-refractivity contribution is 7.92. The van der Waals surface area contributed by atoms with Gasteiger partial charge >= 0.3 is 0 Å². The Bertz CT molecular complexity index is 1340. The van der Waals surface area contributed by atoms with Crippen LogP contribution in [0.2, 0.25) is 0 Å². The molecule has 0 heterocycles. The van der Waals surface area contributed by atoms with Crippen LogP contribution in [-0.4, -0.2) is 49.3 Å². The van der Waals surface area contributed by atoms with Crippen LogP contribution in [0.3, 0.4) is 0 Å². The van der Waals surface area contributed by atoms with Crippen LogP contribution in [0, 0.1) is 6.92 Å². The van der Waals surface area contributed by atoms with Gasteiger partial charge in [-0.3, -0.25) is 9.10 Å². The first-order chi connectivity index (χ1) is 17.6. The summed E-state index contributed by atoms with van der Waals surface area (Å²) >= 11 is 0. The fraction of sp³-hybridized carbons (Fsp3) is 0.296. The van der Waals surface area contributed by atoms with Gasteiger partial charge in [-0.25, -0.2) is 8.42 Å². The number of amides is 1. The zero-order valence-corrected chi connectivity index (χ0v) is 22.6. The number of aryl methyl sites for hydroxylation is 1. The topological polar surface area (TPSA) is 103 Å². The molecule has 198 valence electrons. The molecule has 3 aromatic carbocycles. The van der Waals surface area contributed by atoms with Crippen LogP contribution in [0.15, 0.2) is 65.6 Å². The van der Waals surface area contributed by atoms with Gasteiger partial charge in [-0.15, -0.1) is 0 Å². The van der Waals surface area contributed by atoms with Crippen LogP contribution in [0.4, 0.5) is 5.69 Å². The minimum Gasteiger partial charge on any atom is -0.493 e. The lowest BCUT2D eigenvalue weighted by Crippen LogP contribution is -2.41. The number of hydrogen-bond acceptors (Lipinski definition) is 7. The Hall–Kier alpha value is -3.92. The third-order valence-corrected chi connectivity index (χ3v) is 7.61. The Labute approximate surface area is 218 Å². The number of benzene rings is 3. The lowest BCUT2D eigenvalue weighted by molar-refractivity contribution is -0.120. The van der Waals surface area contributed by atoms with Gasteiger partial charge in [0.15, 0.2) is 23.0 Å². The van der Waals surface area contributed by atoms with Crippen LogP contribution in [0.5, 0.6) is 23.0 Å². The molecule has 0 fully saturated rings. The van der Waals surface area contributed by atoms with E-state index in [9.17, 15) is 13.2 Å². The standard InChI is InChI=1S/C27H32N2O7S/c1-18-7-10-21(11-8-18)29(37(31,32)22-12-14-24(34-4)26(16-22)36-6)17-27(30)28-19(2)20-9-13-23(33-3)25(15-20)35-5/h7-16,19H,17H2,1-6H3,(H,28,30)/t19-/m1/s1. The highest BCUT2D eigenvalue weighted by atomic mass is 32.2. The van der Waals surface area contributed by atoms with Crippen molar-refractivity contribution in [2.45, 2.75) is 24.8 Å². The maximum Gasteiger partial charge on any atom is 0.264 e. The third kappa shape index (κ3) is 6.26. The maximum absolute atomic E-state index is 13.7. The number of sulfonamides is 1. The van der Waals surface area contributed by atoms with Crippen LogP contribution < -0.4 is 28.6 Å². The van der Waals surface area contributed by atoms with Gasteiger partial charge in [0.1, 0.15) is 6.54 Å². The molecule has 9 nitrogen and oxygen atoms in total. The second kappa shape index (κ2) is 11.9. The molecule has 0 unspecified atom stereocenters. The van der Waals surface area contributed by atoms with Gasteiger partial charge in [-0.2, -0.15) is 0 Å². The average molecular weight is 529 g/mol. The number of rotatable bonds is 11. The van der Waals surface area contributed by atoms with Crippen molar-refractivity contribution in [1.29, 1.82) is 0 Å². The smallest absolute Gasteiger partial charge is 0.264 e. The van der Waals surface area contributed by atoms with Crippen LogP contribution in [0.25, 0.3) is 0 Å². The molecule has 0 aromatic heterocycles. The van der Waals surface area contributed by atoms with Crippen LogP contribution in [0.1, 0.15) is 24.1 Å². The Morgan fingerprint density at radius 2 is 1.35 bits per heavy atom. The number of methoxy groups -OCH3 is 4. The van der Waals surface area contributed by atoms with Gasteiger partial charge in [-0.1, -0.05) is 23.8 Å². The molecule has 0 spiro atoms. The van der Waals surface area contributed by atoms with Crippen molar-refractivity contribution in [3.8, 4) is 23.0 Å². The predicted octanol–water partition coefficient (Wildman–Crippen LogP) is 4.10. The van der Waals surface area contributed by atoms with E-state index in [4.69, 9.17) is 18.9 Å². The molecule has 10 heteroatoms. The number of hydrogen-bond donors (Lipinski definition) is 1. The number of nitrogens with zero attached hydrogens (tertiary/aromatic N) is 1. The van der Waals surface area contributed by atoms with E-state index in [1.54, 1.807) is 50.4 Å². The van der Waals surface area contributed by atoms with Crippen molar-refractivity contribution in [3.63, 3.8) is 0 Å². The van der Waals surface area contributed by atoms with E-state index in [1.165, 1.54) is 39.5 Å². The van der Waals surface area contributed by atoms with Crippen LogP contribution in [-0.2, 0) is 14.8 Å². The molecule has 0 aliphatic carbocycles. The number of nitrogens with one attached hydrogen (secondary N) is 1. The maximum atomic E-state index is 13.7. The molecule has 0 saturated carbocycles. The van der Waals surface area contributed by atoms with Gasteiger partial charge in [0, 0.05) is 6.07 Å². The Balaban J connectivity index is 1.92. The van der Waals surface area contributed by atoms with Gasteiger partial charge in [0.05, 0.1) is 45.1 Å². The number of carbonyl (C=O) groups excluding carboxylic acids is 1. The largest absolute Gasteiger partial charge is 0.493 e. The first-order valence-corrected chi connectivity index (χ1v) is 12.9. The summed E-state index contributed by atoms with van der Waals surface area (Å²) < 4.78 is 49.7. The molecule has 0 radical (unpaired) electrons. The van der Waals surface area contributed by atoms with Crippen molar-refractivity contribution in [2.24, 2.45) is 0 Å². The molecule has 0 aliphatic heterocycles. The summed E-state index contributed by atoms with van der Waals surface area (Å²) in [5.41, 5.74) is 2.09. The molecule has 37 heavy (non-hydrogen) atoms. The highest BCUT2D eigenvalue weighted by Crippen LogP contribution is 2.33. The van der Waals surface area contributed by atoms with Crippen molar-refractivity contribution in [1.82, 2.24) is 5.32 Å². The van der Waals surface area contributed by atoms with E-state index in [0.29, 0.717) is 22.9 Å². The summed E-state index contributed by atoms with van der Waals surface area (Å²) in [6.45, 7) is 3.27. The average Bonchev–Trinajstić information content (AvgIpc) is 2.91. The minimum absolute atomic E-state index is 0.0357. The zero-order valence-electron chi connectivity index (χ0n) is 21.8. The summed E-state index contributed by atoms with van der Waals surface area (Å²) in [6.07, 6.45) is 0. The third-order valence-electron chi connectivity index (χ3n) is 5.84. The van der Waals surface area contributed by atoms with E-state index < -0.39 is 28.5 Å². The second-order valence-electron chi connectivity index (χ2n) is 8.27. The Kier molecular flexibility index (Phi) is 8.88. The molecule has 0 saturated heterocycles. The van der Waals surface area contributed by atoms with E-state index in [-0.39, 0.29) is 10.6 Å². The van der Waals surface area contributed by atoms with E-state index in [0.717, 1.165) is 15.4 Å². The summed E-state index contributed by atoms with van der Waals surface area (Å²) in [4.78, 5) is 13.1. The van der Waals surface area contributed by atoms with E-state index in [2.05, 4.69) is 5.32 Å². The molecule has 1 N–H and O–H groups in total. The normalized spacial score (nSPS) is 11.8. The zero-order chi connectivity index (χ0) is 27.2.